The zero-order chi connectivity index (χ0) is 10.4. The van der Waals surface area contributed by atoms with Gasteiger partial charge < -0.3 is 15.7 Å². The number of rotatable bonds is 5. The molecule has 4 nitrogen and oxygen atoms in total. The Morgan fingerprint density at radius 3 is 2.93 bits per heavy atom. The van der Waals surface area contributed by atoms with Gasteiger partial charge in [0.2, 0.25) is 0 Å². The number of nitrogens with two attached hydrogens (primary N) is 1. The predicted octanol–water partition coefficient (Wildman–Crippen LogP) is 0.649. The van der Waals surface area contributed by atoms with Gasteiger partial charge in [0, 0.05) is 13.1 Å². The number of aliphatic hydroxyl groups is 1. The summed E-state index contributed by atoms with van der Waals surface area (Å²) in [6, 6.07) is 5.43. The third kappa shape index (κ3) is 2.74. The first-order valence-electron chi connectivity index (χ1n) is 4.47. The summed E-state index contributed by atoms with van der Waals surface area (Å²) in [6.45, 7) is 4.92. The average Bonchev–Trinajstić information content (AvgIpc) is 2.17. The van der Waals surface area contributed by atoms with E-state index in [1.165, 1.54) is 0 Å². The molecule has 1 heterocycles. The van der Waals surface area contributed by atoms with Gasteiger partial charge in [-0.1, -0.05) is 12.1 Å². The number of hydrogen-bond acceptors (Lipinski definition) is 4. The van der Waals surface area contributed by atoms with E-state index < -0.39 is 0 Å². The fourth-order valence-corrected chi connectivity index (χ4v) is 1.19. The molecule has 0 saturated carbocycles. The lowest BCUT2D eigenvalue weighted by Crippen LogP contribution is -2.27. The molecule has 0 atom stereocenters. The van der Waals surface area contributed by atoms with Crippen molar-refractivity contribution in [2.75, 3.05) is 30.3 Å². The van der Waals surface area contributed by atoms with E-state index >= 15 is 0 Å². The molecule has 0 saturated heterocycles. The van der Waals surface area contributed by atoms with Gasteiger partial charge in [-0.05, 0) is 12.1 Å². The highest BCUT2D eigenvalue weighted by Crippen LogP contribution is 2.11. The summed E-state index contributed by atoms with van der Waals surface area (Å²) in [6.07, 6.45) is 1.76. The molecule has 0 aliphatic heterocycles. The number of hydrogen-bond donors (Lipinski definition) is 2. The second-order valence-electron chi connectivity index (χ2n) is 2.88. The third-order valence-corrected chi connectivity index (χ3v) is 1.80. The normalized spacial score (nSPS) is 9.79. The lowest BCUT2D eigenvalue weighted by molar-refractivity contribution is 0.302. The zero-order valence-electron chi connectivity index (χ0n) is 8.06. The smallest absolute Gasteiger partial charge is 0.131 e. The van der Waals surface area contributed by atoms with Gasteiger partial charge in [-0.2, -0.15) is 0 Å². The van der Waals surface area contributed by atoms with Crippen molar-refractivity contribution in [1.82, 2.24) is 4.98 Å². The first kappa shape index (κ1) is 10.5. The molecule has 0 aliphatic rings. The van der Waals surface area contributed by atoms with Crippen molar-refractivity contribution >= 4 is 11.6 Å². The summed E-state index contributed by atoms with van der Waals surface area (Å²) in [5, 5.41) is 8.86. The summed E-state index contributed by atoms with van der Waals surface area (Å²) in [7, 11) is 0. The molecular formula is C10H15N3O. The molecule has 0 spiro atoms. The molecule has 1 aromatic rings. The Balaban J connectivity index is 2.80. The van der Waals surface area contributed by atoms with E-state index in [-0.39, 0.29) is 6.61 Å². The van der Waals surface area contributed by atoms with Crippen molar-refractivity contribution in [1.29, 1.82) is 0 Å². The largest absolute Gasteiger partial charge is 0.395 e. The Hall–Kier alpha value is -1.55. The summed E-state index contributed by atoms with van der Waals surface area (Å²) in [5.41, 5.74) is 5.56. The highest BCUT2D eigenvalue weighted by Gasteiger charge is 2.04. The van der Waals surface area contributed by atoms with Crippen LogP contribution in [0, 0.1) is 0 Å². The van der Waals surface area contributed by atoms with Gasteiger partial charge in [-0.15, -0.1) is 6.58 Å². The second-order valence-corrected chi connectivity index (χ2v) is 2.88. The fourth-order valence-electron chi connectivity index (χ4n) is 1.19. The Morgan fingerprint density at radius 2 is 2.36 bits per heavy atom. The minimum atomic E-state index is 0.0876. The predicted molar refractivity (Wildman–Crippen MR) is 58.1 cm³/mol. The maximum Gasteiger partial charge on any atom is 0.131 e. The SMILES string of the molecule is C=CCN(CCO)c1cccc(N)n1. The van der Waals surface area contributed by atoms with Crippen molar-refractivity contribution in [3.63, 3.8) is 0 Å². The van der Waals surface area contributed by atoms with Crippen molar-refractivity contribution in [2.45, 2.75) is 0 Å². The highest BCUT2D eigenvalue weighted by molar-refractivity contribution is 5.45. The number of nitrogens with zero attached hydrogens (tertiary/aromatic N) is 2. The summed E-state index contributed by atoms with van der Waals surface area (Å²) >= 11 is 0. The molecule has 0 amide bonds. The molecule has 0 bridgehead atoms. The van der Waals surface area contributed by atoms with Gasteiger partial charge in [0.25, 0.3) is 0 Å². The number of aliphatic hydroxyl groups excluding tert-OH is 1. The molecular weight excluding hydrogens is 178 g/mol. The van der Waals surface area contributed by atoms with Crippen LogP contribution in [0.2, 0.25) is 0 Å². The van der Waals surface area contributed by atoms with Crippen LogP contribution in [0.1, 0.15) is 0 Å². The molecule has 4 heteroatoms. The van der Waals surface area contributed by atoms with E-state index in [9.17, 15) is 0 Å². The van der Waals surface area contributed by atoms with E-state index in [2.05, 4.69) is 11.6 Å². The van der Waals surface area contributed by atoms with Crippen molar-refractivity contribution in [3.05, 3.63) is 30.9 Å². The Kier molecular flexibility index (Phi) is 3.94. The minimum Gasteiger partial charge on any atom is -0.395 e. The Bertz CT molecular complexity index is 301. The Morgan fingerprint density at radius 1 is 1.57 bits per heavy atom. The first-order valence-corrected chi connectivity index (χ1v) is 4.47. The number of pyridine rings is 1. The van der Waals surface area contributed by atoms with Gasteiger partial charge in [0.1, 0.15) is 11.6 Å². The van der Waals surface area contributed by atoms with Crippen LogP contribution in [0.3, 0.4) is 0 Å². The van der Waals surface area contributed by atoms with E-state index in [0.717, 1.165) is 5.82 Å². The molecule has 3 N–H and O–H groups in total. The maximum atomic E-state index is 8.86. The topological polar surface area (TPSA) is 62.4 Å². The van der Waals surface area contributed by atoms with Gasteiger partial charge in [-0.3, -0.25) is 0 Å². The van der Waals surface area contributed by atoms with Crippen molar-refractivity contribution in [2.24, 2.45) is 0 Å². The summed E-state index contributed by atoms with van der Waals surface area (Å²) in [4.78, 5) is 6.06. The lowest BCUT2D eigenvalue weighted by Gasteiger charge is -2.20. The average molecular weight is 193 g/mol. The van der Waals surface area contributed by atoms with E-state index in [1.807, 2.05) is 17.0 Å². The molecule has 0 fully saturated rings. The van der Waals surface area contributed by atoms with Gasteiger partial charge in [-0.25, -0.2) is 4.98 Å². The lowest BCUT2D eigenvalue weighted by atomic mass is 10.4. The zero-order valence-corrected chi connectivity index (χ0v) is 8.06. The van der Waals surface area contributed by atoms with Crippen molar-refractivity contribution < 1.29 is 5.11 Å². The van der Waals surface area contributed by atoms with Crippen LogP contribution in [0.25, 0.3) is 0 Å². The quantitative estimate of drug-likeness (QED) is 0.674. The molecule has 0 aliphatic carbocycles. The molecule has 0 aromatic carbocycles. The summed E-state index contributed by atoms with van der Waals surface area (Å²) in [5.74, 6) is 1.24. The van der Waals surface area contributed by atoms with Gasteiger partial charge in [0.15, 0.2) is 0 Å². The molecule has 1 aromatic heterocycles. The van der Waals surface area contributed by atoms with Crippen LogP contribution in [-0.4, -0.2) is 29.8 Å². The van der Waals surface area contributed by atoms with E-state index in [1.54, 1.807) is 12.1 Å². The fraction of sp³-hybridized carbons (Fsp3) is 0.300. The monoisotopic (exact) mass is 193 g/mol. The van der Waals surface area contributed by atoms with Crippen LogP contribution in [0.5, 0.6) is 0 Å². The number of nitrogen functional groups attached to an aromatic ring is 1. The molecule has 1 rings (SSSR count). The van der Waals surface area contributed by atoms with Crippen LogP contribution in [0.15, 0.2) is 30.9 Å². The molecule has 14 heavy (non-hydrogen) atoms. The van der Waals surface area contributed by atoms with Crippen LogP contribution >= 0.6 is 0 Å². The molecule has 76 valence electrons. The number of anilines is 2. The summed E-state index contributed by atoms with van der Waals surface area (Å²) < 4.78 is 0. The van der Waals surface area contributed by atoms with E-state index in [4.69, 9.17) is 10.8 Å². The first-order chi connectivity index (χ1) is 6.77. The van der Waals surface area contributed by atoms with Crippen molar-refractivity contribution in [3.8, 4) is 0 Å². The van der Waals surface area contributed by atoms with E-state index in [0.29, 0.717) is 18.9 Å². The molecule has 0 radical (unpaired) electrons. The van der Waals surface area contributed by atoms with Crippen LogP contribution < -0.4 is 10.6 Å². The van der Waals surface area contributed by atoms with Gasteiger partial charge in [0.05, 0.1) is 6.61 Å². The number of aromatic nitrogens is 1. The Labute approximate surface area is 83.7 Å². The second kappa shape index (κ2) is 5.24. The van der Waals surface area contributed by atoms with Crippen LogP contribution in [-0.2, 0) is 0 Å². The maximum absolute atomic E-state index is 8.86. The highest BCUT2D eigenvalue weighted by atomic mass is 16.3. The third-order valence-electron chi connectivity index (χ3n) is 1.80. The van der Waals surface area contributed by atoms with Gasteiger partial charge >= 0.3 is 0 Å². The van der Waals surface area contributed by atoms with Crippen LogP contribution in [0.4, 0.5) is 11.6 Å². The minimum absolute atomic E-state index is 0.0876. The molecule has 0 unspecified atom stereocenters. The standard InChI is InChI=1S/C10H15N3O/c1-2-6-13(7-8-14)10-5-3-4-9(11)12-10/h2-5,14H,1,6-8H2,(H2,11,12).